The van der Waals surface area contributed by atoms with Crippen LogP contribution >= 0.6 is 0 Å². The number of hydrogen-bond acceptors (Lipinski definition) is 4. The Morgan fingerprint density at radius 3 is 2.30 bits per heavy atom. The topological polar surface area (TPSA) is 65.0 Å². The average Bonchev–Trinajstić information content (AvgIpc) is 2.36. The van der Waals surface area contributed by atoms with E-state index in [-0.39, 0.29) is 6.42 Å². The van der Waals surface area contributed by atoms with Crippen LogP contribution in [0.1, 0.15) is 31.4 Å². The molecule has 0 bridgehead atoms. The molecule has 1 aromatic rings. The smallest absolute Gasteiger partial charge is 0.304 e. The first-order chi connectivity index (χ1) is 9.37. The van der Waals surface area contributed by atoms with Gasteiger partial charge in [0.05, 0.1) is 27.2 Å². The van der Waals surface area contributed by atoms with Crippen molar-refractivity contribution >= 4 is 5.97 Å². The summed E-state index contributed by atoms with van der Waals surface area (Å²) in [5, 5.41) is 9.12. The van der Waals surface area contributed by atoms with Gasteiger partial charge in [-0.15, -0.1) is 0 Å². The van der Waals surface area contributed by atoms with Crippen LogP contribution in [0.3, 0.4) is 0 Å². The fourth-order valence-corrected chi connectivity index (χ4v) is 2.45. The van der Waals surface area contributed by atoms with Gasteiger partial charge in [0.25, 0.3) is 0 Å². The Bertz CT molecular complexity index is 479. The predicted octanol–water partition coefficient (Wildman–Crippen LogP) is 2.60. The van der Waals surface area contributed by atoms with Crippen LogP contribution in [0.15, 0.2) is 12.1 Å². The van der Waals surface area contributed by atoms with Gasteiger partial charge in [-0.1, -0.05) is 19.9 Å². The molecule has 0 aliphatic rings. The van der Waals surface area contributed by atoms with Gasteiger partial charge in [0, 0.05) is 18.1 Å². The van der Waals surface area contributed by atoms with Crippen molar-refractivity contribution < 1.29 is 24.1 Å². The fraction of sp³-hybridized carbons (Fsp3) is 0.533. The van der Waals surface area contributed by atoms with Crippen molar-refractivity contribution in [2.75, 3.05) is 21.3 Å². The Morgan fingerprint density at radius 1 is 1.20 bits per heavy atom. The summed E-state index contributed by atoms with van der Waals surface area (Å²) in [6.07, 6.45) is -0.00670. The third-order valence-electron chi connectivity index (χ3n) is 3.20. The zero-order valence-electron chi connectivity index (χ0n) is 12.6. The van der Waals surface area contributed by atoms with Crippen molar-refractivity contribution in [1.29, 1.82) is 0 Å². The number of rotatable bonds is 7. The van der Waals surface area contributed by atoms with Gasteiger partial charge in [-0.3, -0.25) is 4.79 Å². The van der Waals surface area contributed by atoms with Crippen LogP contribution in [0.2, 0.25) is 0 Å². The van der Waals surface area contributed by atoms with Crippen molar-refractivity contribution in [1.82, 2.24) is 0 Å². The van der Waals surface area contributed by atoms with Gasteiger partial charge in [-0.2, -0.15) is 0 Å². The molecule has 0 saturated carbocycles. The summed E-state index contributed by atoms with van der Waals surface area (Å²) >= 11 is 0. The second-order valence-corrected chi connectivity index (χ2v) is 5.22. The first-order valence-corrected chi connectivity index (χ1v) is 6.32. The summed E-state index contributed by atoms with van der Waals surface area (Å²) in [4.78, 5) is 11.1. The third kappa shape index (κ3) is 3.42. The van der Waals surface area contributed by atoms with Crippen molar-refractivity contribution in [3.63, 3.8) is 0 Å². The van der Waals surface area contributed by atoms with Gasteiger partial charge in [0.2, 0.25) is 0 Å². The highest BCUT2D eigenvalue weighted by Crippen LogP contribution is 2.42. The molecule has 0 unspecified atom stereocenters. The highest BCUT2D eigenvalue weighted by atomic mass is 16.5. The highest BCUT2D eigenvalue weighted by molar-refractivity contribution is 5.70. The molecule has 1 N–H and O–H groups in total. The van der Waals surface area contributed by atoms with Gasteiger partial charge in [0.15, 0.2) is 11.5 Å². The number of benzene rings is 1. The molecule has 0 aliphatic heterocycles. The van der Waals surface area contributed by atoms with E-state index in [1.165, 1.54) is 0 Å². The average molecular weight is 282 g/mol. The number of carbonyl (C=O) groups is 1. The monoisotopic (exact) mass is 282 g/mol. The lowest BCUT2D eigenvalue weighted by Crippen LogP contribution is -2.24. The lowest BCUT2D eigenvalue weighted by atomic mass is 9.78. The lowest BCUT2D eigenvalue weighted by molar-refractivity contribution is -0.138. The summed E-state index contributed by atoms with van der Waals surface area (Å²) in [6, 6.07) is 3.68. The Balaban J connectivity index is 3.48. The molecule has 0 saturated heterocycles. The number of ether oxygens (including phenoxy) is 3. The summed E-state index contributed by atoms with van der Waals surface area (Å²) in [5.41, 5.74) is 1.11. The SMILES string of the molecule is COCc1ccc(OC)c(OC)c1C(C)(C)CC(=O)O. The molecule has 0 fully saturated rings. The molecule has 20 heavy (non-hydrogen) atoms. The van der Waals surface area contributed by atoms with E-state index in [4.69, 9.17) is 19.3 Å². The van der Waals surface area contributed by atoms with Gasteiger partial charge in [-0.25, -0.2) is 0 Å². The first-order valence-electron chi connectivity index (χ1n) is 6.32. The molecule has 0 heterocycles. The summed E-state index contributed by atoms with van der Waals surface area (Å²) < 4.78 is 15.9. The molecular formula is C15H22O5. The molecule has 0 aliphatic carbocycles. The Labute approximate surface area is 119 Å². The zero-order chi connectivity index (χ0) is 15.3. The van der Waals surface area contributed by atoms with Gasteiger partial charge >= 0.3 is 5.97 Å². The van der Waals surface area contributed by atoms with E-state index in [0.29, 0.717) is 18.1 Å². The largest absolute Gasteiger partial charge is 0.493 e. The number of carboxylic acid groups (broad SMARTS) is 1. The molecule has 112 valence electrons. The van der Waals surface area contributed by atoms with E-state index in [9.17, 15) is 4.79 Å². The zero-order valence-corrected chi connectivity index (χ0v) is 12.6. The molecule has 0 amide bonds. The Hall–Kier alpha value is -1.75. The van der Waals surface area contributed by atoms with Crippen LogP contribution in [0.4, 0.5) is 0 Å². The maximum Gasteiger partial charge on any atom is 0.304 e. The molecule has 1 rings (SSSR count). The normalized spacial score (nSPS) is 11.2. The van der Waals surface area contributed by atoms with Crippen LogP contribution in [0.5, 0.6) is 11.5 Å². The van der Waals surface area contributed by atoms with Crippen LogP contribution in [0, 0.1) is 0 Å². The molecule has 0 spiro atoms. The molecular weight excluding hydrogens is 260 g/mol. The van der Waals surface area contributed by atoms with E-state index < -0.39 is 11.4 Å². The number of hydrogen-bond donors (Lipinski definition) is 1. The van der Waals surface area contributed by atoms with Crippen LogP contribution in [0.25, 0.3) is 0 Å². The van der Waals surface area contributed by atoms with Gasteiger partial charge in [-0.05, 0) is 11.6 Å². The maximum atomic E-state index is 11.1. The minimum Gasteiger partial charge on any atom is -0.493 e. The molecule has 0 atom stereocenters. The lowest BCUT2D eigenvalue weighted by Gasteiger charge is -2.29. The van der Waals surface area contributed by atoms with E-state index >= 15 is 0 Å². The molecule has 0 radical (unpaired) electrons. The fourth-order valence-electron chi connectivity index (χ4n) is 2.45. The second-order valence-electron chi connectivity index (χ2n) is 5.22. The highest BCUT2D eigenvalue weighted by Gasteiger charge is 2.31. The second kappa shape index (κ2) is 6.61. The minimum atomic E-state index is -0.858. The van der Waals surface area contributed by atoms with Crippen molar-refractivity contribution in [3.05, 3.63) is 23.3 Å². The van der Waals surface area contributed by atoms with E-state index in [0.717, 1.165) is 11.1 Å². The number of methoxy groups -OCH3 is 3. The maximum absolute atomic E-state index is 11.1. The van der Waals surface area contributed by atoms with Crippen LogP contribution in [-0.4, -0.2) is 32.4 Å². The van der Waals surface area contributed by atoms with Crippen molar-refractivity contribution in [2.24, 2.45) is 0 Å². The standard InChI is InChI=1S/C15H22O5/c1-15(2,8-12(16)17)13-10(9-18-3)6-7-11(19-4)14(13)20-5/h6-7H,8-9H2,1-5H3,(H,16,17). The summed E-state index contributed by atoms with van der Waals surface area (Å²) in [6.45, 7) is 4.13. The van der Waals surface area contributed by atoms with Crippen molar-refractivity contribution in [2.45, 2.75) is 32.3 Å². The van der Waals surface area contributed by atoms with Crippen LogP contribution in [-0.2, 0) is 21.6 Å². The van der Waals surface area contributed by atoms with Crippen molar-refractivity contribution in [3.8, 4) is 11.5 Å². The quantitative estimate of drug-likeness (QED) is 0.832. The third-order valence-corrected chi connectivity index (χ3v) is 3.20. The van der Waals surface area contributed by atoms with Gasteiger partial charge < -0.3 is 19.3 Å². The molecule has 0 aromatic heterocycles. The minimum absolute atomic E-state index is 0.00670. The van der Waals surface area contributed by atoms with E-state index in [1.807, 2.05) is 19.9 Å². The van der Waals surface area contributed by atoms with E-state index in [1.54, 1.807) is 27.4 Å². The van der Waals surface area contributed by atoms with E-state index in [2.05, 4.69) is 0 Å². The molecule has 1 aromatic carbocycles. The summed E-state index contributed by atoms with van der Waals surface area (Å²) in [7, 11) is 4.71. The molecule has 5 nitrogen and oxygen atoms in total. The number of carboxylic acids is 1. The Morgan fingerprint density at radius 2 is 1.85 bits per heavy atom. The predicted molar refractivity (Wildman–Crippen MR) is 75.5 cm³/mol. The summed E-state index contributed by atoms with van der Waals surface area (Å²) in [5.74, 6) is 0.289. The molecule has 5 heteroatoms. The Kier molecular flexibility index (Phi) is 5.39. The van der Waals surface area contributed by atoms with Gasteiger partial charge in [0.1, 0.15) is 0 Å². The number of aliphatic carboxylic acids is 1. The first kappa shape index (κ1) is 16.3. The van der Waals surface area contributed by atoms with Crippen LogP contribution < -0.4 is 9.47 Å².